The van der Waals surface area contributed by atoms with E-state index in [1.165, 1.54) is 18.2 Å². The van der Waals surface area contributed by atoms with Gasteiger partial charge in [-0.05, 0) is 35.9 Å². The zero-order valence-electron chi connectivity index (χ0n) is 8.05. The predicted octanol–water partition coefficient (Wildman–Crippen LogP) is 4.51. The van der Waals surface area contributed by atoms with Crippen molar-refractivity contribution in [2.24, 2.45) is 0 Å². The molecule has 0 bridgehead atoms. The van der Waals surface area contributed by atoms with E-state index in [1.54, 1.807) is 18.2 Å². The monoisotopic (exact) mass is 256 g/mol. The molecule has 4 heteroatoms. The van der Waals surface area contributed by atoms with Crippen LogP contribution in [0.15, 0.2) is 36.4 Å². The van der Waals surface area contributed by atoms with Crippen molar-refractivity contribution >= 4 is 23.2 Å². The highest BCUT2D eigenvalue weighted by molar-refractivity contribution is 6.35. The Morgan fingerprint density at radius 2 is 1.75 bits per heavy atom. The molecule has 82 valence electrons. The normalized spacial score (nSPS) is 10.4. The van der Waals surface area contributed by atoms with Crippen LogP contribution in [0.2, 0.25) is 10.0 Å². The third-order valence-electron chi connectivity index (χ3n) is 2.19. The lowest BCUT2D eigenvalue weighted by molar-refractivity contribution is 0.433. The predicted molar refractivity (Wildman–Crippen MR) is 63.5 cm³/mol. The molecule has 0 saturated heterocycles. The van der Waals surface area contributed by atoms with E-state index in [0.717, 1.165) is 0 Å². The molecule has 0 unspecified atom stereocenters. The first-order chi connectivity index (χ1) is 7.58. The summed E-state index contributed by atoms with van der Waals surface area (Å²) in [5.41, 5.74) is 1.27. The SMILES string of the molecule is Oc1cc(-c2cc(Cl)ccc2Cl)ccc1F. The van der Waals surface area contributed by atoms with Crippen LogP contribution < -0.4 is 0 Å². The second kappa shape index (κ2) is 4.32. The Balaban J connectivity index is 2.58. The number of phenols is 1. The van der Waals surface area contributed by atoms with Crippen molar-refractivity contribution in [3.63, 3.8) is 0 Å². The van der Waals surface area contributed by atoms with Gasteiger partial charge in [0.05, 0.1) is 0 Å². The molecule has 0 amide bonds. The minimum atomic E-state index is -0.665. The van der Waals surface area contributed by atoms with Gasteiger partial charge in [0.15, 0.2) is 11.6 Å². The van der Waals surface area contributed by atoms with Gasteiger partial charge in [-0.25, -0.2) is 4.39 Å². The van der Waals surface area contributed by atoms with Crippen LogP contribution in [0.1, 0.15) is 0 Å². The number of hydrogen-bond donors (Lipinski definition) is 1. The minimum Gasteiger partial charge on any atom is -0.505 e. The molecule has 1 nitrogen and oxygen atoms in total. The van der Waals surface area contributed by atoms with Crippen molar-refractivity contribution in [2.75, 3.05) is 0 Å². The highest BCUT2D eigenvalue weighted by atomic mass is 35.5. The molecule has 0 heterocycles. The van der Waals surface area contributed by atoms with E-state index in [9.17, 15) is 9.50 Å². The average Bonchev–Trinajstić information content (AvgIpc) is 2.26. The Hall–Kier alpha value is -1.25. The van der Waals surface area contributed by atoms with Gasteiger partial charge in [0.25, 0.3) is 0 Å². The number of rotatable bonds is 1. The minimum absolute atomic E-state index is 0.409. The molecule has 2 aromatic rings. The van der Waals surface area contributed by atoms with Crippen molar-refractivity contribution < 1.29 is 9.50 Å². The first-order valence-corrected chi connectivity index (χ1v) is 5.27. The van der Waals surface area contributed by atoms with E-state index in [0.29, 0.717) is 21.2 Å². The van der Waals surface area contributed by atoms with E-state index >= 15 is 0 Å². The van der Waals surface area contributed by atoms with Gasteiger partial charge in [-0.1, -0.05) is 29.3 Å². The molecule has 0 aliphatic carbocycles. The third-order valence-corrected chi connectivity index (χ3v) is 2.75. The number of phenolic OH excluding ortho intramolecular Hbond substituents is 1. The molecular weight excluding hydrogens is 250 g/mol. The second-order valence-electron chi connectivity index (χ2n) is 3.29. The lowest BCUT2D eigenvalue weighted by Crippen LogP contribution is -1.82. The fourth-order valence-corrected chi connectivity index (χ4v) is 1.80. The standard InChI is InChI=1S/C12H7Cl2FO/c13-8-2-3-10(14)9(6-8)7-1-4-11(15)12(16)5-7/h1-6,16H. The maximum Gasteiger partial charge on any atom is 0.164 e. The van der Waals surface area contributed by atoms with Gasteiger partial charge in [-0.15, -0.1) is 0 Å². The van der Waals surface area contributed by atoms with Crippen LogP contribution in [0.5, 0.6) is 5.75 Å². The van der Waals surface area contributed by atoms with Crippen LogP contribution in [0.25, 0.3) is 11.1 Å². The van der Waals surface area contributed by atoms with E-state index < -0.39 is 11.6 Å². The number of aromatic hydroxyl groups is 1. The number of hydrogen-bond acceptors (Lipinski definition) is 1. The Morgan fingerprint density at radius 3 is 2.44 bits per heavy atom. The maximum atomic E-state index is 12.9. The smallest absolute Gasteiger partial charge is 0.164 e. The molecule has 1 N–H and O–H groups in total. The van der Waals surface area contributed by atoms with Gasteiger partial charge in [-0.2, -0.15) is 0 Å². The second-order valence-corrected chi connectivity index (χ2v) is 4.13. The molecule has 0 spiro atoms. The van der Waals surface area contributed by atoms with Crippen LogP contribution >= 0.6 is 23.2 Å². The summed E-state index contributed by atoms with van der Waals surface area (Å²) in [4.78, 5) is 0. The first kappa shape index (κ1) is 11.2. The molecule has 0 aliphatic rings. The molecule has 0 atom stereocenters. The summed E-state index contributed by atoms with van der Waals surface area (Å²) < 4.78 is 12.9. The van der Waals surface area contributed by atoms with Crippen LogP contribution in [0, 0.1) is 5.82 Å². The number of benzene rings is 2. The number of halogens is 3. The third kappa shape index (κ3) is 2.13. The van der Waals surface area contributed by atoms with Gasteiger partial charge >= 0.3 is 0 Å². The van der Waals surface area contributed by atoms with Crippen molar-refractivity contribution in [1.82, 2.24) is 0 Å². The summed E-state index contributed by atoms with van der Waals surface area (Å²) in [6.45, 7) is 0. The van der Waals surface area contributed by atoms with E-state index in [-0.39, 0.29) is 0 Å². The van der Waals surface area contributed by atoms with E-state index in [4.69, 9.17) is 23.2 Å². The quantitative estimate of drug-likeness (QED) is 0.797. The first-order valence-electron chi connectivity index (χ1n) is 4.52. The lowest BCUT2D eigenvalue weighted by Gasteiger charge is -2.06. The van der Waals surface area contributed by atoms with Crippen LogP contribution in [-0.2, 0) is 0 Å². The average molecular weight is 257 g/mol. The van der Waals surface area contributed by atoms with Crippen molar-refractivity contribution in [3.8, 4) is 16.9 Å². The van der Waals surface area contributed by atoms with E-state index in [1.807, 2.05) is 0 Å². The van der Waals surface area contributed by atoms with Gasteiger partial charge in [-0.3, -0.25) is 0 Å². The van der Waals surface area contributed by atoms with Gasteiger partial charge < -0.3 is 5.11 Å². The molecular formula is C12H7Cl2FO. The summed E-state index contributed by atoms with van der Waals surface area (Å²) in [7, 11) is 0. The zero-order valence-corrected chi connectivity index (χ0v) is 9.56. The van der Waals surface area contributed by atoms with Crippen LogP contribution in [-0.4, -0.2) is 5.11 Å². The zero-order chi connectivity index (χ0) is 11.7. The highest BCUT2D eigenvalue weighted by Crippen LogP contribution is 2.32. The molecule has 16 heavy (non-hydrogen) atoms. The Kier molecular flexibility index (Phi) is 3.03. The van der Waals surface area contributed by atoms with Crippen molar-refractivity contribution in [2.45, 2.75) is 0 Å². The fourth-order valence-electron chi connectivity index (χ4n) is 1.40. The van der Waals surface area contributed by atoms with Gasteiger partial charge in [0.2, 0.25) is 0 Å². The maximum absolute atomic E-state index is 12.9. The molecule has 0 fully saturated rings. The Morgan fingerprint density at radius 1 is 1.00 bits per heavy atom. The molecule has 2 rings (SSSR count). The summed E-state index contributed by atoms with van der Waals surface area (Å²) in [5.74, 6) is -1.07. The topological polar surface area (TPSA) is 20.2 Å². The lowest BCUT2D eigenvalue weighted by atomic mass is 10.1. The largest absolute Gasteiger partial charge is 0.505 e. The fraction of sp³-hybridized carbons (Fsp3) is 0. The van der Waals surface area contributed by atoms with Gasteiger partial charge in [0.1, 0.15) is 0 Å². The van der Waals surface area contributed by atoms with Gasteiger partial charge in [0, 0.05) is 15.6 Å². The summed E-state index contributed by atoms with van der Waals surface area (Å²) in [6.07, 6.45) is 0. The molecule has 0 saturated carbocycles. The molecule has 0 aromatic heterocycles. The van der Waals surface area contributed by atoms with Crippen molar-refractivity contribution in [3.05, 3.63) is 52.3 Å². The molecule has 2 aromatic carbocycles. The van der Waals surface area contributed by atoms with Crippen molar-refractivity contribution in [1.29, 1.82) is 0 Å². The summed E-state index contributed by atoms with van der Waals surface area (Å²) in [5, 5.41) is 10.3. The summed E-state index contributed by atoms with van der Waals surface area (Å²) in [6, 6.07) is 9.01. The molecule has 0 aliphatic heterocycles. The summed E-state index contributed by atoms with van der Waals surface area (Å²) >= 11 is 11.8. The van der Waals surface area contributed by atoms with E-state index in [2.05, 4.69) is 0 Å². The Bertz CT molecular complexity index is 541. The highest BCUT2D eigenvalue weighted by Gasteiger charge is 2.07. The Labute approximate surface area is 102 Å². The van der Waals surface area contributed by atoms with Crippen LogP contribution in [0.4, 0.5) is 4.39 Å². The van der Waals surface area contributed by atoms with Crippen LogP contribution in [0.3, 0.4) is 0 Å². The molecule has 0 radical (unpaired) electrons.